The van der Waals surface area contributed by atoms with Crippen LogP contribution in [0.2, 0.25) is 0 Å². The zero-order chi connectivity index (χ0) is 19.8. The second-order valence-electron chi connectivity index (χ2n) is 5.23. The van der Waals surface area contributed by atoms with Crippen molar-refractivity contribution in [3.8, 4) is 5.69 Å². The number of alkyl halides is 3. The second-order valence-corrected chi connectivity index (χ2v) is 6.59. The predicted octanol–water partition coefficient (Wildman–Crippen LogP) is 3.64. The number of aryl methyl sites for hydroxylation is 1. The van der Waals surface area contributed by atoms with E-state index in [1.54, 1.807) is 0 Å². The SMILES string of the molecule is CN(C)C(=O)Sc1cc([N+](=O)[O-])ccc1-n1c(C(F)(F)F)nn(C)c1=S. The molecule has 0 saturated carbocycles. The van der Waals surface area contributed by atoms with Crippen LogP contribution in [-0.2, 0) is 13.2 Å². The zero-order valence-corrected chi connectivity index (χ0v) is 15.3. The van der Waals surface area contributed by atoms with Gasteiger partial charge in [0.1, 0.15) is 0 Å². The summed E-state index contributed by atoms with van der Waals surface area (Å²) in [5.41, 5.74) is -0.493. The van der Waals surface area contributed by atoms with Crippen LogP contribution in [0.5, 0.6) is 0 Å². The molecule has 1 heterocycles. The van der Waals surface area contributed by atoms with Gasteiger partial charge in [0, 0.05) is 38.2 Å². The van der Waals surface area contributed by atoms with Gasteiger partial charge in [0.15, 0.2) is 0 Å². The number of nitro groups is 1. The third kappa shape index (κ3) is 3.88. The molecule has 2 rings (SSSR count). The van der Waals surface area contributed by atoms with Gasteiger partial charge in [-0.25, -0.2) is 4.68 Å². The van der Waals surface area contributed by atoms with Crippen LogP contribution >= 0.6 is 24.0 Å². The first-order chi connectivity index (χ1) is 11.9. The lowest BCUT2D eigenvalue weighted by Crippen LogP contribution is -2.17. The van der Waals surface area contributed by atoms with Crippen LogP contribution in [0.25, 0.3) is 5.69 Å². The van der Waals surface area contributed by atoms with Gasteiger partial charge < -0.3 is 4.90 Å². The number of nitro benzene ring substituents is 1. The maximum Gasteiger partial charge on any atom is 0.452 e. The number of non-ortho nitro benzene ring substituents is 1. The molecule has 8 nitrogen and oxygen atoms in total. The number of thioether (sulfide) groups is 1. The van der Waals surface area contributed by atoms with Gasteiger partial charge in [-0.3, -0.25) is 19.5 Å². The number of hydrogen-bond acceptors (Lipinski definition) is 6. The fourth-order valence-corrected chi connectivity index (χ4v) is 2.97. The van der Waals surface area contributed by atoms with Gasteiger partial charge >= 0.3 is 6.18 Å². The van der Waals surface area contributed by atoms with Crippen molar-refractivity contribution in [2.24, 2.45) is 7.05 Å². The van der Waals surface area contributed by atoms with E-state index in [4.69, 9.17) is 12.2 Å². The normalized spacial score (nSPS) is 11.5. The lowest BCUT2D eigenvalue weighted by Gasteiger charge is -2.14. The molecule has 0 unspecified atom stereocenters. The van der Waals surface area contributed by atoms with E-state index in [1.165, 1.54) is 26.0 Å². The van der Waals surface area contributed by atoms with E-state index in [0.717, 1.165) is 22.9 Å². The van der Waals surface area contributed by atoms with E-state index in [0.29, 0.717) is 16.3 Å². The summed E-state index contributed by atoms with van der Waals surface area (Å²) in [6.45, 7) is 0. The van der Waals surface area contributed by atoms with E-state index in [1.807, 2.05) is 0 Å². The zero-order valence-electron chi connectivity index (χ0n) is 13.6. The first-order valence-electron chi connectivity index (χ1n) is 6.84. The molecule has 140 valence electrons. The van der Waals surface area contributed by atoms with Gasteiger partial charge in [-0.2, -0.15) is 13.2 Å². The van der Waals surface area contributed by atoms with Crippen LogP contribution in [0.3, 0.4) is 0 Å². The molecule has 2 aromatic rings. The number of carbonyl (C=O) groups is 1. The van der Waals surface area contributed by atoms with Crippen LogP contribution < -0.4 is 0 Å². The third-order valence-electron chi connectivity index (χ3n) is 3.14. The van der Waals surface area contributed by atoms with Crippen molar-refractivity contribution < 1.29 is 22.9 Å². The first-order valence-corrected chi connectivity index (χ1v) is 8.07. The molecule has 0 aliphatic carbocycles. The highest BCUT2D eigenvalue weighted by Crippen LogP contribution is 2.36. The summed E-state index contributed by atoms with van der Waals surface area (Å²) in [5, 5.41) is 13.9. The van der Waals surface area contributed by atoms with E-state index in [9.17, 15) is 28.1 Å². The summed E-state index contributed by atoms with van der Waals surface area (Å²) < 4.78 is 41.2. The third-order valence-corrected chi connectivity index (χ3v) is 4.67. The van der Waals surface area contributed by atoms with Crippen molar-refractivity contribution in [2.75, 3.05) is 14.1 Å². The largest absolute Gasteiger partial charge is 0.452 e. The summed E-state index contributed by atoms with van der Waals surface area (Å²) >= 11 is 5.55. The van der Waals surface area contributed by atoms with Crippen molar-refractivity contribution in [3.63, 3.8) is 0 Å². The number of benzene rings is 1. The Morgan fingerprint density at radius 3 is 2.50 bits per heavy atom. The Balaban J connectivity index is 2.76. The van der Waals surface area contributed by atoms with Crippen LogP contribution in [0, 0.1) is 14.9 Å². The van der Waals surface area contributed by atoms with Gasteiger partial charge in [-0.1, -0.05) is 0 Å². The van der Waals surface area contributed by atoms with Crippen molar-refractivity contribution in [2.45, 2.75) is 11.1 Å². The lowest BCUT2D eigenvalue weighted by atomic mass is 10.2. The average molecular weight is 407 g/mol. The first kappa shape index (κ1) is 19.9. The summed E-state index contributed by atoms with van der Waals surface area (Å²) in [6, 6.07) is 3.17. The molecule has 0 saturated heterocycles. The Morgan fingerprint density at radius 2 is 2.00 bits per heavy atom. The Morgan fingerprint density at radius 1 is 1.38 bits per heavy atom. The molecule has 0 spiro atoms. The summed E-state index contributed by atoms with van der Waals surface area (Å²) in [6.07, 6.45) is -4.82. The maximum absolute atomic E-state index is 13.3. The minimum Gasteiger partial charge on any atom is -0.339 e. The average Bonchev–Trinajstić information content (AvgIpc) is 2.83. The fraction of sp³-hybridized carbons (Fsp3) is 0.308. The topological polar surface area (TPSA) is 86.2 Å². The number of halogens is 3. The van der Waals surface area contributed by atoms with Gasteiger partial charge in [-0.15, -0.1) is 5.10 Å². The highest BCUT2D eigenvalue weighted by atomic mass is 32.2. The number of hydrogen-bond donors (Lipinski definition) is 0. The number of rotatable bonds is 3. The molecule has 0 N–H and O–H groups in total. The highest BCUT2D eigenvalue weighted by molar-refractivity contribution is 8.13. The summed E-state index contributed by atoms with van der Waals surface area (Å²) in [5.74, 6) is -1.29. The van der Waals surface area contributed by atoms with E-state index >= 15 is 0 Å². The highest BCUT2D eigenvalue weighted by Gasteiger charge is 2.39. The Kier molecular flexibility index (Phi) is 5.41. The van der Waals surface area contributed by atoms with Crippen molar-refractivity contribution >= 4 is 34.9 Å². The van der Waals surface area contributed by atoms with Crippen LogP contribution in [0.1, 0.15) is 5.82 Å². The van der Waals surface area contributed by atoms with Crippen LogP contribution in [0.15, 0.2) is 23.1 Å². The molecule has 0 atom stereocenters. The second kappa shape index (κ2) is 7.07. The van der Waals surface area contributed by atoms with E-state index in [2.05, 4.69) is 5.10 Å². The van der Waals surface area contributed by atoms with Crippen molar-refractivity contribution in [1.29, 1.82) is 0 Å². The lowest BCUT2D eigenvalue weighted by molar-refractivity contribution is -0.385. The summed E-state index contributed by atoms with van der Waals surface area (Å²) in [4.78, 5) is 23.4. The van der Waals surface area contributed by atoms with E-state index in [-0.39, 0.29) is 21.0 Å². The van der Waals surface area contributed by atoms with Gasteiger partial charge in [-0.05, 0) is 30.0 Å². The smallest absolute Gasteiger partial charge is 0.339 e. The van der Waals surface area contributed by atoms with E-state index < -0.39 is 22.2 Å². The minimum absolute atomic E-state index is 0.0486. The van der Waals surface area contributed by atoms with Crippen LogP contribution in [-0.4, -0.2) is 43.5 Å². The molecular formula is C13H12F3N5O3S2. The Labute approximate surface area is 154 Å². The van der Waals surface area contributed by atoms with Gasteiger partial charge in [0.05, 0.1) is 10.6 Å². The number of aromatic nitrogens is 3. The molecule has 0 aliphatic rings. The number of amides is 1. The monoisotopic (exact) mass is 407 g/mol. The van der Waals surface area contributed by atoms with Crippen molar-refractivity contribution in [3.05, 3.63) is 38.9 Å². The minimum atomic E-state index is -4.82. The molecule has 0 fully saturated rings. The maximum atomic E-state index is 13.3. The molecule has 26 heavy (non-hydrogen) atoms. The van der Waals surface area contributed by atoms with Gasteiger partial charge in [0.25, 0.3) is 10.9 Å². The molecule has 1 aromatic carbocycles. The predicted molar refractivity (Wildman–Crippen MR) is 90.0 cm³/mol. The Bertz CT molecular complexity index is 936. The molecule has 13 heteroatoms. The molecule has 1 aromatic heterocycles. The summed E-state index contributed by atoms with van der Waals surface area (Å²) in [7, 11) is 4.14. The molecular weight excluding hydrogens is 395 g/mol. The quantitative estimate of drug-likeness (QED) is 0.334. The molecule has 0 bridgehead atoms. The molecule has 0 radical (unpaired) electrons. The Hall–Kier alpha value is -2.41. The number of carbonyl (C=O) groups excluding carboxylic acids is 1. The number of nitrogens with zero attached hydrogens (tertiary/aromatic N) is 5. The molecule has 0 aliphatic heterocycles. The van der Waals surface area contributed by atoms with Gasteiger partial charge in [0.2, 0.25) is 10.6 Å². The van der Waals surface area contributed by atoms with Crippen molar-refractivity contribution in [1.82, 2.24) is 19.2 Å². The van der Waals surface area contributed by atoms with Crippen LogP contribution in [0.4, 0.5) is 23.7 Å². The standard InChI is InChI=1S/C13H12F3N5O3S2/c1-18(2)12(22)26-9-6-7(21(23)24)4-5-8(9)20-10(13(14,15)16)17-19(3)11(20)25/h4-6H,1-3H3. The molecule has 1 amide bonds. The fourth-order valence-electron chi connectivity index (χ4n) is 1.93.